The molecule has 0 saturated carbocycles. The summed E-state index contributed by atoms with van der Waals surface area (Å²) in [7, 11) is 0. The predicted molar refractivity (Wildman–Crippen MR) is 75.5 cm³/mol. The summed E-state index contributed by atoms with van der Waals surface area (Å²) in [6, 6.07) is 8.28. The van der Waals surface area contributed by atoms with E-state index in [0.717, 1.165) is 11.4 Å². The van der Waals surface area contributed by atoms with E-state index in [4.69, 9.17) is 5.11 Å². The monoisotopic (exact) mass is 276 g/mol. The molecule has 19 heavy (non-hydrogen) atoms. The van der Waals surface area contributed by atoms with Crippen molar-refractivity contribution in [2.75, 3.05) is 13.2 Å². The van der Waals surface area contributed by atoms with Crippen molar-refractivity contribution in [1.29, 1.82) is 0 Å². The van der Waals surface area contributed by atoms with E-state index in [1.165, 1.54) is 22.5 Å². The second-order valence-corrected chi connectivity index (χ2v) is 5.21. The van der Waals surface area contributed by atoms with Gasteiger partial charge in [-0.1, -0.05) is 29.8 Å². The van der Waals surface area contributed by atoms with Crippen molar-refractivity contribution in [1.82, 2.24) is 10.3 Å². The summed E-state index contributed by atoms with van der Waals surface area (Å²) in [5.74, 6) is -0.236. The van der Waals surface area contributed by atoms with Crippen molar-refractivity contribution >= 4 is 17.2 Å². The summed E-state index contributed by atoms with van der Waals surface area (Å²) >= 11 is 1.48. The third-order valence-electron chi connectivity index (χ3n) is 2.66. The van der Waals surface area contributed by atoms with Crippen molar-refractivity contribution < 1.29 is 9.90 Å². The number of rotatable bonds is 5. The molecular formula is C14H16N2O2S. The minimum absolute atomic E-state index is 0.0634. The van der Waals surface area contributed by atoms with Gasteiger partial charge in [0.1, 0.15) is 5.69 Å². The van der Waals surface area contributed by atoms with E-state index >= 15 is 0 Å². The number of carbonyl (C=O) groups excluding carboxylic acids is 1. The molecule has 0 unspecified atom stereocenters. The minimum Gasteiger partial charge on any atom is -0.395 e. The summed E-state index contributed by atoms with van der Waals surface area (Å²) in [4.78, 5) is 15.9. The summed E-state index contributed by atoms with van der Waals surface area (Å²) in [6.07, 6.45) is 0.734. The van der Waals surface area contributed by atoms with Gasteiger partial charge in [0.25, 0.3) is 5.91 Å². The lowest BCUT2D eigenvalue weighted by Gasteiger charge is -2.00. The van der Waals surface area contributed by atoms with Gasteiger partial charge in [0.05, 0.1) is 11.6 Å². The number of thiazole rings is 1. The molecule has 4 nitrogen and oxygen atoms in total. The minimum atomic E-state index is -0.236. The van der Waals surface area contributed by atoms with E-state index in [1.54, 1.807) is 5.38 Å². The fraction of sp³-hybridized carbons (Fsp3) is 0.286. The first kappa shape index (κ1) is 13.7. The number of hydrogen-bond donors (Lipinski definition) is 2. The summed E-state index contributed by atoms with van der Waals surface area (Å²) < 4.78 is 0. The van der Waals surface area contributed by atoms with Crippen LogP contribution in [0.4, 0.5) is 0 Å². The van der Waals surface area contributed by atoms with Crippen molar-refractivity contribution in [3.8, 4) is 0 Å². The third kappa shape index (κ3) is 3.87. The third-order valence-corrected chi connectivity index (χ3v) is 3.51. The average molecular weight is 276 g/mol. The molecule has 1 heterocycles. The predicted octanol–water partition coefficient (Wildman–Crippen LogP) is 1.76. The molecule has 2 N–H and O–H groups in total. The average Bonchev–Trinajstić information content (AvgIpc) is 2.87. The number of aromatic nitrogens is 1. The second-order valence-electron chi connectivity index (χ2n) is 4.27. The molecule has 0 radical (unpaired) electrons. The fourth-order valence-corrected chi connectivity index (χ4v) is 2.45. The van der Waals surface area contributed by atoms with Crippen LogP contribution in [0.1, 0.15) is 26.6 Å². The topological polar surface area (TPSA) is 62.2 Å². The zero-order chi connectivity index (χ0) is 13.7. The number of benzene rings is 1. The van der Waals surface area contributed by atoms with Crippen molar-refractivity contribution in [2.45, 2.75) is 13.3 Å². The van der Waals surface area contributed by atoms with E-state index in [1.807, 2.05) is 0 Å². The first-order chi connectivity index (χ1) is 9.19. The van der Waals surface area contributed by atoms with Crippen molar-refractivity contribution in [3.05, 3.63) is 51.5 Å². The van der Waals surface area contributed by atoms with Crippen molar-refractivity contribution in [2.24, 2.45) is 0 Å². The van der Waals surface area contributed by atoms with E-state index in [9.17, 15) is 4.79 Å². The molecule has 5 heteroatoms. The Morgan fingerprint density at radius 1 is 1.37 bits per heavy atom. The molecule has 0 spiro atoms. The second kappa shape index (κ2) is 6.45. The maximum Gasteiger partial charge on any atom is 0.270 e. The number of amides is 1. The van der Waals surface area contributed by atoms with Gasteiger partial charge in [0, 0.05) is 18.3 Å². The molecule has 0 aliphatic heterocycles. The highest BCUT2D eigenvalue weighted by Gasteiger charge is 2.10. The molecule has 2 aromatic rings. The Labute approximate surface area is 116 Å². The van der Waals surface area contributed by atoms with Crippen molar-refractivity contribution in [3.63, 3.8) is 0 Å². The van der Waals surface area contributed by atoms with Gasteiger partial charge in [-0.25, -0.2) is 4.98 Å². The highest BCUT2D eigenvalue weighted by molar-refractivity contribution is 7.09. The molecule has 0 aliphatic rings. The van der Waals surface area contributed by atoms with Crippen LogP contribution >= 0.6 is 11.3 Å². The van der Waals surface area contributed by atoms with Gasteiger partial charge < -0.3 is 10.4 Å². The van der Waals surface area contributed by atoms with Crippen LogP contribution in [0, 0.1) is 6.92 Å². The highest BCUT2D eigenvalue weighted by atomic mass is 32.1. The molecule has 100 valence electrons. The van der Waals surface area contributed by atoms with E-state index in [-0.39, 0.29) is 19.1 Å². The van der Waals surface area contributed by atoms with Gasteiger partial charge in [-0.2, -0.15) is 0 Å². The smallest absolute Gasteiger partial charge is 0.270 e. The number of nitrogens with zero attached hydrogens (tertiary/aromatic N) is 1. The first-order valence-corrected chi connectivity index (χ1v) is 6.96. The Balaban J connectivity index is 2.01. The normalized spacial score (nSPS) is 10.4. The van der Waals surface area contributed by atoms with Crippen LogP contribution in [-0.4, -0.2) is 29.1 Å². The SMILES string of the molecule is Cc1ccc(Cc2nc(C(=O)NCCO)cs2)cc1. The zero-order valence-electron chi connectivity index (χ0n) is 10.7. The molecule has 1 aromatic carbocycles. The maximum absolute atomic E-state index is 11.6. The van der Waals surface area contributed by atoms with E-state index < -0.39 is 0 Å². The van der Waals surface area contributed by atoms with Crippen LogP contribution in [-0.2, 0) is 6.42 Å². The van der Waals surface area contributed by atoms with Crippen LogP contribution < -0.4 is 5.32 Å². The number of aryl methyl sites for hydroxylation is 1. The molecule has 0 bridgehead atoms. The lowest BCUT2D eigenvalue weighted by atomic mass is 10.1. The largest absolute Gasteiger partial charge is 0.395 e. The fourth-order valence-electron chi connectivity index (χ4n) is 1.64. The molecule has 1 amide bonds. The summed E-state index contributed by atoms with van der Waals surface area (Å²) in [6.45, 7) is 2.24. The summed E-state index contributed by atoms with van der Waals surface area (Å²) in [5, 5.41) is 13.9. The van der Waals surface area contributed by atoms with Crippen LogP contribution in [0.2, 0.25) is 0 Å². The lowest BCUT2D eigenvalue weighted by Crippen LogP contribution is -2.26. The molecular weight excluding hydrogens is 260 g/mol. The van der Waals surface area contributed by atoms with E-state index in [0.29, 0.717) is 5.69 Å². The Morgan fingerprint density at radius 3 is 2.79 bits per heavy atom. The zero-order valence-corrected chi connectivity index (χ0v) is 11.5. The van der Waals surface area contributed by atoms with Gasteiger partial charge in [0.2, 0.25) is 0 Å². The van der Waals surface area contributed by atoms with Crippen LogP contribution in [0.25, 0.3) is 0 Å². The molecule has 0 saturated heterocycles. The van der Waals surface area contributed by atoms with Gasteiger partial charge >= 0.3 is 0 Å². The van der Waals surface area contributed by atoms with Crippen LogP contribution in [0.3, 0.4) is 0 Å². The molecule has 1 aromatic heterocycles. The van der Waals surface area contributed by atoms with Crippen LogP contribution in [0.15, 0.2) is 29.6 Å². The van der Waals surface area contributed by atoms with E-state index in [2.05, 4.69) is 41.5 Å². The van der Waals surface area contributed by atoms with Gasteiger partial charge in [-0.3, -0.25) is 4.79 Å². The van der Waals surface area contributed by atoms with Gasteiger partial charge in [-0.15, -0.1) is 11.3 Å². The molecule has 2 rings (SSSR count). The van der Waals surface area contributed by atoms with Crippen LogP contribution in [0.5, 0.6) is 0 Å². The Bertz CT molecular complexity index is 549. The number of carbonyl (C=O) groups is 1. The molecule has 0 aliphatic carbocycles. The summed E-state index contributed by atoms with van der Waals surface area (Å²) in [5.41, 5.74) is 2.83. The maximum atomic E-state index is 11.6. The quantitative estimate of drug-likeness (QED) is 0.875. The van der Waals surface area contributed by atoms with Gasteiger partial charge in [-0.05, 0) is 12.5 Å². The van der Waals surface area contributed by atoms with Gasteiger partial charge in [0.15, 0.2) is 0 Å². The Morgan fingerprint density at radius 2 is 2.11 bits per heavy atom. The standard InChI is InChI=1S/C14H16N2O2S/c1-10-2-4-11(5-3-10)8-13-16-12(9-19-13)14(18)15-6-7-17/h2-5,9,17H,6-8H2,1H3,(H,15,18). The number of hydrogen-bond acceptors (Lipinski definition) is 4. The Kier molecular flexibility index (Phi) is 4.65. The highest BCUT2D eigenvalue weighted by Crippen LogP contribution is 2.15. The number of aliphatic hydroxyl groups excluding tert-OH is 1. The molecule has 0 atom stereocenters. The molecule has 0 fully saturated rings. The number of aliphatic hydroxyl groups is 1. The first-order valence-electron chi connectivity index (χ1n) is 6.08. The number of nitrogens with one attached hydrogen (secondary N) is 1. The lowest BCUT2D eigenvalue weighted by molar-refractivity contribution is 0.0940. The Hall–Kier alpha value is -1.72.